The Labute approximate surface area is 104 Å². The smallest absolute Gasteiger partial charge is 0.0388 e. The second kappa shape index (κ2) is 9.07. The molecule has 1 fully saturated rings. The molecular formula is C16H34. The summed E-state index contributed by atoms with van der Waals surface area (Å²) in [5, 5.41) is 0. The molecule has 0 heteroatoms. The van der Waals surface area contributed by atoms with Crippen molar-refractivity contribution in [3.63, 3.8) is 0 Å². The minimum absolute atomic E-state index is 0.966. The summed E-state index contributed by atoms with van der Waals surface area (Å²) in [4.78, 5) is 0. The van der Waals surface area contributed by atoms with Gasteiger partial charge >= 0.3 is 0 Å². The normalized spacial score (nSPS) is 28.9. The lowest BCUT2D eigenvalue weighted by Gasteiger charge is -2.34. The highest BCUT2D eigenvalue weighted by Gasteiger charge is 2.26. The average Bonchev–Trinajstić information content (AvgIpc) is 2.39. The Morgan fingerprint density at radius 1 is 0.750 bits per heavy atom. The van der Waals surface area contributed by atoms with Crippen LogP contribution in [0, 0.1) is 23.7 Å². The van der Waals surface area contributed by atoms with E-state index in [1.165, 1.54) is 38.5 Å². The fourth-order valence-corrected chi connectivity index (χ4v) is 2.95. The van der Waals surface area contributed by atoms with Crippen molar-refractivity contribution in [3.05, 3.63) is 0 Å². The van der Waals surface area contributed by atoms with Crippen molar-refractivity contribution < 1.29 is 0 Å². The van der Waals surface area contributed by atoms with Gasteiger partial charge in [-0.05, 0) is 49.4 Å². The Morgan fingerprint density at radius 3 is 1.19 bits per heavy atom. The average molecular weight is 226 g/mol. The molecule has 16 heavy (non-hydrogen) atoms. The molecule has 0 spiro atoms. The Balaban J connectivity index is 0.00000106. The molecule has 1 saturated carbocycles. The van der Waals surface area contributed by atoms with E-state index in [1.807, 2.05) is 13.8 Å². The van der Waals surface area contributed by atoms with Crippen LogP contribution in [0.25, 0.3) is 0 Å². The molecule has 0 heterocycles. The molecule has 98 valence electrons. The minimum Gasteiger partial charge on any atom is -0.0683 e. The molecule has 0 N–H and O–H groups in total. The van der Waals surface area contributed by atoms with E-state index in [1.54, 1.807) is 0 Å². The van der Waals surface area contributed by atoms with Crippen molar-refractivity contribution in [2.75, 3.05) is 0 Å². The van der Waals surface area contributed by atoms with Crippen LogP contribution in [0.1, 0.15) is 80.1 Å². The van der Waals surface area contributed by atoms with Gasteiger partial charge in [-0.15, -0.1) is 0 Å². The van der Waals surface area contributed by atoms with Gasteiger partial charge in [0.1, 0.15) is 0 Å². The lowest BCUT2D eigenvalue weighted by atomic mass is 9.72. The molecule has 0 nitrogen and oxygen atoms in total. The van der Waals surface area contributed by atoms with Gasteiger partial charge in [-0.2, -0.15) is 0 Å². The fraction of sp³-hybridized carbons (Fsp3) is 1.00. The van der Waals surface area contributed by atoms with E-state index in [0.29, 0.717) is 0 Å². The molecule has 0 aromatic carbocycles. The highest BCUT2D eigenvalue weighted by molar-refractivity contribution is 4.77. The Kier molecular flexibility index (Phi) is 9.07. The van der Waals surface area contributed by atoms with Crippen LogP contribution in [0.3, 0.4) is 0 Å². The molecular weight excluding hydrogens is 192 g/mol. The van der Waals surface area contributed by atoms with E-state index in [2.05, 4.69) is 27.7 Å². The van der Waals surface area contributed by atoms with Gasteiger partial charge in [-0.3, -0.25) is 0 Å². The zero-order valence-corrected chi connectivity index (χ0v) is 12.6. The van der Waals surface area contributed by atoms with Crippen molar-refractivity contribution in [1.29, 1.82) is 0 Å². The molecule has 0 bridgehead atoms. The van der Waals surface area contributed by atoms with Gasteiger partial charge in [-0.25, -0.2) is 0 Å². The number of rotatable bonds is 4. The predicted octanol–water partition coefficient (Wildman–Crippen LogP) is 5.91. The molecule has 0 aromatic heterocycles. The van der Waals surface area contributed by atoms with Crippen molar-refractivity contribution >= 4 is 0 Å². The molecule has 0 aliphatic heterocycles. The molecule has 2 unspecified atom stereocenters. The van der Waals surface area contributed by atoms with Crippen LogP contribution in [0.2, 0.25) is 0 Å². The Bertz CT molecular complexity index is 124. The number of hydrogen-bond acceptors (Lipinski definition) is 0. The molecule has 1 rings (SSSR count). The fourth-order valence-electron chi connectivity index (χ4n) is 2.95. The highest BCUT2D eigenvalue weighted by Crippen LogP contribution is 2.38. The topological polar surface area (TPSA) is 0 Å². The molecule has 0 radical (unpaired) electrons. The third kappa shape index (κ3) is 4.89. The van der Waals surface area contributed by atoms with Crippen LogP contribution >= 0.6 is 0 Å². The zero-order valence-electron chi connectivity index (χ0n) is 12.6. The second-order valence-electron chi connectivity index (χ2n) is 5.45. The van der Waals surface area contributed by atoms with Gasteiger partial charge in [0.15, 0.2) is 0 Å². The van der Waals surface area contributed by atoms with E-state index in [0.717, 1.165) is 23.7 Å². The van der Waals surface area contributed by atoms with Gasteiger partial charge in [-0.1, -0.05) is 54.4 Å². The molecule has 0 amide bonds. The quantitative estimate of drug-likeness (QED) is 0.559. The molecule has 1 aliphatic carbocycles. The van der Waals surface area contributed by atoms with Crippen LogP contribution in [-0.2, 0) is 0 Å². The van der Waals surface area contributed by atoms with Crippen LogP contribution in [0.4, 0.5) is 0 Å². The maximum Gasteiger partial charge on any atom is -0.0388 e. The van der Waals surface area contributed by atoms with Crippen molar-refractivity contribution in [2.24, 2.45) is 23.7 Å². The molecule has 0 aromatic rings. The minimum atomic E-state index is 0.966. The van der Waals surface area contributed by atoms with Gasteiger partial charge in [0.05, 0.1) is 0 Å². The SMILES string of the molecule is CC.CCC(C)C1CCC(C(C)CC)CC1. The summed E-state index contributed by atoms with van der Waals surface area (Å²) < 4.78 is 0. The van der Waals surface area contributed by atoms with Crippen molar-refractivity contribution in [3.8, 4) is 0 Å². The van der Waals surface area contributed by atoms with Crippen LogP contribution in [0.15, 0.2) is 0 Å². The maximum absolute atomic E-state index is 2.44. The largest absolute Gasteiger partial charge is 0.0683 e. The van der Waals surface area contributed by atoms with Crippen LogP contribution in [-0.4, -0.2) is 0 Å². The summed E-state index contributed by atoms with van der Waals surface area (Å²) in [5.41, 5.74) is 0. The monoisotopic (exact) mass is 226 g/mol. The van der Waals surface area contributed by atoms with E-state index in [4.69, 9.17) is 0 Å². The predicted molar refractivity (Wildman–Crippen MR) is 75.7 cm³/mol. The van der Waals surface area contributed by atoms with Gasteiger partial charge < -0.3 is 0 Å². The molecule has 0 saturated heterocycles. The first-order valence-corrected chi connectivity index (χ1v) is 7.69. The molecule has 1 aliphatic rings. The van der Waals surface area contributed by atoms with Gasteiger partial charge in [0, 0.05) is 0 Å². The Hall–Kier alpha value is 0. The first-order valence-electron chi connectivity index (χ1n) is 7.69. The second-order valence-corrected chi connectivity index (χ2v) is 5.45. The van der Waals surface area contributed by atoms with Crippen LogP contribution in [0.5, 0.6) is 0 Å². The first-order chi connectivity index (χ1) is 7.69. The highest BCUT2D eigenvalue weighted by atomic mass is 14.3. The van der Waals surface area contributed by atoms with Crippen LogP contribution < -0.4 is 0 Å². The summed E-state index contributed by atoms with van der Waals surface area (Å²) in [6.07, 6.45) is 8.76. The summed E-state index contributed by atoms with van der Waals surface area (Å²) in [5.74, 6) is 4.02. The maximum atomic E-state index is 2.44. The Morgan fingerprint density at radius 2 is 1.00 bits per heavy atom. The van der Waals surface area contributed by atoms with Crippen molar-refractivity contribution in [1.82, 2.24) is 0 Å². The van der Waals surface area contributed by atoms with E-state index in [-0.39, 0.29) is 0 Å². The summed E-state index contributed by atoms with van der Waals surface area (Å²) in [6, 6.07) is 0. The summed E-state index contributed by atoms with van der Waals surface area (Å²) in [6.45, 7) is 13.6. The third-order valence-corrected chi connectivity index (χ3v) is 4.71. The van der Waals surface area contributed by atoms with Gasteiger partial charge in [0.25, 0.3) is 0 Å². The zero-order chi connectivity index (χ0) is 12.6. The van der Waals surface area contributed by atoms with E-state index < -0.39 is 0 Å². The lowest BCUT2D eigenvalue weighted by molar-refractivity contribution is 0.171. The lowest BCUT2D eigenvalue weighted by Crippen LogP contribution is -2.23. The first kappa shape index (κ1) is 16.0. The van der Waals surface area contributed by atoms with E-state index in [9.17, 15) is 0 Å². The standard InChI is InChI=1S/C14H28.C2H6/c1-5-11(3)13-7-9-14(10-8-13)12(4)6-2;1-2/h11-14H,5-10H2,1-4H3;1-2H3. The summed E-state index contributed by atoms with van der Waals surface area (Å²) >= 11 is 0. The summed E-state index contributed by atoms with van der Waals surface area (Å²) in [7, 11) is 0. The molecule has 2 atom stereocenters. The van der Waals surface area contributed by atoms with Crippen molar-refractivity contribution in [2.45, 2.75) is 80.1 Å². The third-order valence-electron chi connectivity index (χ3n) is 4.71. The van der Waals surface area contributed by atoms with E-state index >= 15 is 0 Å². The van der Waals surface area contributed by atoms with Gasteiger partial charge in [0.2, 0.25) is 0 Å². The number of hydrogen-bond donors (Lipinski definition) is 0.